The van der Waals surface area contributed by atoms with Crippen LogP contribution in [-0.4, -0.2) is 19.3 Å². The second kappa shape index (κ2) is 5.94. The van der Waals surface area contributed by atoms with Crippen molar-refractivity contribution >= 4 is 23.1 Å². The number of ether oxygens (including phenoxy) is 1. The van der Waals surface area contributed by atoms with Gasteiger partial charge in [0.25, 0.3) is 0 Å². The molecule has 0 amide bonds. The molecule has 0 saturated heterocycles. The largest absolute Gasteiger partial charge is 0.472 e. The van der Waals surface area contributed by atoms with E-state index in [9.17, 15) is 0 Å². The van der Waals surface area contributed by atoms with Gasteiger partial charge in [0.2, 0.25) is 10.3 Å². The molecule has 2 heterocycles. The summed E-state index contributed by atoms with van der Waals surface area (Å²) in [5, 5.41) is 0. The van der Waals surface area contributed by atoms with Crippen LogP contribution in [0.4, 0.5) is 0 Å². The Morgan fingerprint density at radius 1 is 1.10 bits per heavy atom. The van der Waals surface area contributed by atoms with Crippen LogP contribution in [0, 0.1) is 0 Å². The molecule has 7 heteroatoms. The van der Waals surface area contributed by atoms with Crippen LogP contribution >= 0.6 is 23.1 Å². The Balaban J connectivity index is 1.67. The van der Waals surface area contributed by atoms with Gasteiger partial charge < -0.3 is 4.74 Å². The van der Waals surface area contributed by atoms with Crippen molar-refractivity contribution in [3.8, 4) is 17.4 Å². The molecule has 3 aromatic rings. The summed E-state index contributed by atoms with van der Waals surface area (Å²) in [5.41, 5.74) is 1.64. The average Bonchev–Trinajstić information content (AvgIpc) is 2.93. The average molecular weight is 305 g/mol. The fourth-order valence-electron chi connectivity index (χ4n) is 1.55. The van der Waals surface area contributed by atoms with Crippen LogP contribution in [0.25, 0.3) is 11.5 Å². The highest BCUT2D eigenvalue weighted by Crippen LogP contribution is 2.19. The first-order valence-corrected chi connectivity index (χ1v) is 6.95. The van der Waals surface area contributed by atoms with Crippen molar-refractivity contribution in [2.24, 2.45) is 0 Å². The third-order valence-electron chi connectivity index (χ3n) is 2.49. The molecule has 0 unspecified atom stereocenters. The molecule has 0 aliphatic heterocycles. The molecule has 20 heavy (non-hydrogen) atoms. The van der Waals surface area contributed by atoms with E-state index in [-0.39, 0.29) is 0 Å². The van der Waals surface area contributed by atoms with Gasteiger partial charge in [0.1, 0.15) is 12.3 Å². The minimum absolute atomic E-state index is 0.381. The third-order valence-corrected chi connectivity index (χ3v) is 3.29. The van der Waals surface area contributed by atoms with Crippen molar-refractivity contribution in [3.63, 3.8) is 0 Å². The zero-order valence-corrected chi connectivity index (χ0v) is 11.8. The molecule has 0 bridgehead atoms. The predicted octanol–water partition coefficient (Wildman–Crippen LogP) is 3.23. The van der Waals surface area contributed by atoms with E-state index in [1.165, 1.54) is 0 Å². The molecule has 0 N–H and O–H groups in total. The van der Waals surface area contributed by atoms with Crippen LogP contribution in [0.3, 0.4) is 0 Å². The van der Waals surface area contributed by atoms with Crippen LogP contribution in [0.2, 0.25) is 4.47 Å². The van der Waals surface area contributed by atoms with E-state index in [1.54, 1.807) is 12.4 Å². The monoisotopic (exact) mass is 304 g/mol. The predicted molar refractivity (Wildman–Crippen MR) is 76.7 cm³/mol. The first-order valence-electron chi connectivity index (χ1n) is 5.79. The van der Waals surface area contributed by atoms with E-state index in [2.05, 4.69) is 19.3 Å². The van der Waals surface area contributed by atoms with Gasteiger partial charge >= 0.3 is 0 Å². The van der Waals surface area contributed by atoms with Crippen LogP contribution in [0.5, 0.6) is 5.88 Å². The first-order chi connectivity index (χ1) is 9.81. The van der Waals surface area contributed by atoms with Crippen LogP contribution in [0.1, 0.15) is 5.56 Å². The van der Waals surface area contributed by atoms with Gasteiger partial charge in [-0.25, -0.2) is 15.0 Å². The molecule has 0 aliphatic rings. The Morgan fingerprint density at radius 3 is 2.60 bits per heavy atom. The third kappa shape index (κ3) is 3.09. The number of halogens is 1. The zero-order valence-electron chi connectivity index (χ0n) is 10.2. The van der Waals surface area contributed by atoms with Crippen molar-refractivity contribution in [1.29, 1.82) is 0 Å². The van der Waals surface area contributed by atoms with E-state index in [4.69, 9.17) is 16.3 Å². The van der Waals surface area contributed by atoms with Gasteiger partial charge in [-0.05, 0) is 28.7 Å². The lowest BCUT2D eigenvalue weighted by atomic mass is 10.2. The Labute approximate surface area is 124 Å². The molecule has 3 rings (SSSR count). The van der Waals surface area contributed by atoms with Gasteiger partial charge in [-0.2, -0.15) is 4.37 Å². The van der Waals surface area contributed by atoms with Crippen molar-refractivity contribution in [1.82, 2.24) is 19.3 Å². The molecule has 5 nitrogen and oxygen atoms in total. The second-order valence-corrected chi connectivity index (χ2v) is 5.22. The van der Waals surface area contributed by atoms with Gasteiger partial charge in [-0.1, -0.05) is 30.3 Å². The quantitative estimate of drug-likeness (QED) is 0.740. The van der Waals surface area contributed by atoms with Gasteiger partial charge in [0.15, 0.2) is 5.82 Å². The maximum Gasteiger partial charge on any atom is 0.232 e. The summed E-state index contributed by atoms with van der Waals surface area (Å²) in [7, 11) is 0. The molecule has 100 valence electrons. The lowest BCUT2D eigenvalue weighted by Crippen LogP contribution is -1.98. The second-order valence-electron chi connectivity index (χ2n) is 3.89. The number of nitrogens with zero attached hydrogens (tertiary/aromatic N) is 4. The lowest BCUT2D eigenvalue weighted by Gasteiger charge is -2.04. The maximum atomic E-state index is 5.73. The topological polar surface area (TPSA) is 60.8 Å². The SMILES string of the molecule is Clc1nc(-c2cnc(OCc3ccccc3)cn2)ns1. The number of hydrogen-bond acceptors (Lipinski definition) is 6. The van der Waals surface area contributed by atoms with Gasteiger partial charge in [-0.15, -0.1) is 0 Å². The van der Waals surface area contributed by atoms with Crippen molar-refractivity contribution in [2.75, 3.05) is 0 Å². The van der Waals surface area contributed by atoms with E-state index < -0.39 is 0 Å². The van der Waals surface area contributed by atoms with Gasteiger partial charge in [0.05, 0.1) is 12.4 Å². The Kier molecular flexibility index (Phi) is 3.85. The van der Waals surface area contributed by atoms with Gasteiger partial charge in [0, 0.05) is 0 Å². The maximum absolute atomic E-state index is 5.73. The zero-order chi connectivity index (χ0) is 13.8. The molecule has 0 aliphatic carbocycles. The molecule has 1 aromatic carbocycles. The summed E-state index contributed by atoms with van der Waals surface area (Å²) in [5.74, 6) is 0.932. The molecular weight excluding hydrogens is 296 g/mol. The highest BCUT2D eigenvalue weighted by Gasteiger charge is 2.07. The fraction of sp³-hybridized carbons (Fsp3) is 0.0769. The Bertz CT molecular complexity index is 687. The molecule has 0 atom stereocenters. The van der Waals surface area contributed by atoms with Crippen molar-refractivity contribution in [2.45, 2.75) is 6.61 Å². The summed E-state index contributed by atoms with van der Waals surface area (Å²) in [4.78, 5) is 12.4. The summed E-state index contributed by atoms with van der Waals surface area (Å²) >= 11 is 6.85. The van der Waals surface area contributed by atoms with E-state index in [0.29, 0.717) is 28.5 Å². The Hall–Kier alpha value is -2.05. The van der Waals surface area contributed by atoms with E-state index in [1.807, 2.05) is 30.3 Å². The molecule has 0 saturated carbocycles. The molecule has 0 fully saturated rings. The van der Waals surface area contributed by atoms with E-state index >= 15 is 0 Å². The molecule has 0 spiro atoms. The highest BCUT2D eigenvalue weighted by molar-refractivity contribution is 7.10. The van der Waals surface area contributed by atoms with Crippen molar-refractivity contribution in [3.05, 3.63) is 52.8 Å². The van der Waals surface area contributed by atoms with Crippen LogP contribution in [-0.2, 0) is 6.61 Å². The van der Waals surface area contributed by atoms with Gasteiger partial charge in [-0.3, -0.25) is 0 Å². The summed E-state index contributed by atoms with van der Waals surface area (Å²) < 4.78 is 10.00. The van der Waals surface area contributed by atoms with E-state index in [0.717, 1.165) is 17.1 Å². The minimum atomic E-state index is 0.381. The summed E-state index contributed by atoms with van der Waals surface area (Å²) in [6.07, 6.45) is 3.12. The summed E-state index contributed by atoms with van der Waals surface area (Å²) in [6, 6.07) is 9.87. The summed E-state index contributed by atoms with van der Waals surface area (Å²) in [6.45, 7) is 0.454. The first kappa shape index (κ1) is 13.0. The lowest BCUT2D eigenvalue weighted by molar-refractivity contribution is 0.292. The van der Waals surface area contributed by atoms with Crippen LogP contribution in [0.15, 0.2) is 42.7 Å². The molecule has 2 aromatic heterocycles. The Morgan fingerprint density at radius 2 is 1.95 bits per heavy atom. The standard InChI is InChI=1S/C13H9ClN4OS/c14-13-17-12(18-20-13)10-6-16-11(7-15-10)19-8-9-4-2-1-3-5-9/h1-7H,8H2. The smallest absolute Gasteiger partial charge is 0.232 e. The molecule has 0 radical (unpaired) electrons. The fourth-order valence-corrected chi connectivity index (χ4v) is 2.15. The molecular formula is C13H9ClN4OS. The number of hydrogen-bond donors (Lipinski definition) is 0. The van der Waals surface area contributed by atoms with Crippen molar-refractivity contribution < 1.29 is 4.74 Å². The normalized spacial score (nSPS) is 10.4. The minimum Gasteiger partial charge on any atom is -0.472 e. The number of rotatable bonds is 4. The number of benzene rings is 1. The number of aromatic nitrogens is 4. The highest BCUT2D eigenvalue weighted by atomic mass is 35.5. The van der Waals surface area contributed by atoms with Crippen LogP contribution < -0.4 is 4.74 Å².